The highest BCUT2D eigenvalue weighted by atomic mass is 16.3. The third-order valence-corrected chi connectivity index (χ3v) is 11.1. The van der Waals surface area contributed by atoms with E-state index in [1.807, 2.05) is 6.07 Å². The van der Waals surface area contributed by atoms with E-state index in [9.17, 15) is 0 Å². The first kappa shape index (κ1) is 30.4. The maximum absolute atomic E-state index is 6.49. The minimum atomic E-state index is -0.131. The molecule has 8 aromatic carbocycles. The maximum atomic E-state index is 6.49. The van der Waals surface area contributed by atoms with Crippen LogP contribution in [0.15, 0.2) is 174 Å². The average molecular weight is 668 g/mol. The van der Waals surface area contributed by atoms with Gasteiger partial charge in [0.05, 0.1) is 5.69 Å². The second-order valence-corrected chi connectivity index (χ2v) is 14.6. The predicted octanol–water partition coefficient (Wildman–Crippen LogP) is 14.2. The summed E-state index contributed by atoms with van der Waals surface area (Å²) in [7, 11) is 0. The van der Waals surface area contributed by atoms with Gasteiger partial charge in [0.15, 0.2) is 0 Å². The van der Waals surface area contributed by atoms with Crippen LogP contribution in [0.4, 0.5) is 17.1 Å². The average Bonchev–Trinajstić information content (AvgIpc) is 3.67. The Morgan fingerprint density at radius 3 is 2.02 bits per heavy atom. The molecule has 2 nitrogen and oxygen atoms in total. The van der Waals surface area contributed by atoms with Gasteiger partial charge in [-0.3, -0.25) is 0 Å². The molecule has 0 N–H and O–H groups in total. The molecule has 1 aliphatic carbocycles. The van der Waals surface area contributed by atoms with Crippen molar-refractivity contribution in [3.8, 4) is 33.4 Å². The monoisotopic (exact) mass is 667 g/mol. The van der Waals surface area contributed by atoms with Crippen molar-refractivity contribution in [2.24, 2.45) is 0 Å². The second-order valence-electron chi connectivity index (χ2n) is 14.6. The normalized spacial score (nSPS) is 13.1. The molecule has 9 aromatic rings. The Bertz CT molecular complexity index is 2840. The minimum absolute atomic E-state index is 0.131. The molecular formula is C50H37NO. The summed E-state index contributed by atoms with van der Waals surface area (Å²) >= 11 is 0. The van der Waals surface area contributed by atoms with Gasteiger partial charge in [-0.2, -0.15) is 0 Å². The van der Waals surface area contributed by atoms with E-state index in [-0.39, 0.29) is 5.41 Å². The van der Waals surface area contributed by atoms with Crippen molar-refractivity contribution >= 4 is 49.8 Å². The quantitative estimate of drug-likeness (QED) is 0.182. The van der Waals surface area contributed by atoms with E-state index >= 15 is 0 Å². The van der Waals surface area contributed by atoms with Gasteiger partial charge in [-0.15, -0.1) is 0 Å². The number of hydrogen-bond donors (Lipinski definition) is 0. The van der Waals surface area contributed by atoms with E-state index in [1.165, 1.54) is 60.8 Å². The Morgan fingerprint density at radius 1 is 0.442 bits per heavy atom. The lowest BCUT2D eigenvalue weighted by Crippen LogP contribution is -2.17. The van der Waals surface area contributed by atoms with E-state index in [0.717, 1.165) is 39.0 Å². The zero-order chi connectivity index (χ0) is 35.0. The van der Waals surface area contributed by atoms with Gasteiger partial charge in [0.2, 0.25) is 0 Å². The summed E-state index contributed by atoms with van der Waals surface area (Å²) in [6, 6.07) is 61.8. The van der Waals surface area contributed by atoms with Crippen LogP contribution in [0.1, 0.15) is 30.5 Å². The number of aryl methyl sites for hydroxylation is 1. The van der Waals surface area contributed by atoms with Crippen molar-refractivity contribution in [2.45, 2.75) is 26.2 Å². The number of para-hydroxylation sites is 1. The molecule has 0 spiro atoms. The lowest BCUT2D eigenvalue weighted by Gasteiger charge is -2.31. The fourth-order valence-corrected chi connectivity index (χ4v) is 8.54. The van der Waals surface area contributed by atoms with Crippen LogP contribution < -0.4 is 4.90 Å². The first-order valence-corrected chi connectivity index (χ1v) is 18.1. The molecule has 0 fully saturated rings. The van der Waals surface area contributed by atoms with Crippen LogP contribution in [-0.4, -0.2) is 0 Å². The molecule has 0 unspecified atom stereocenters. The number of fused-ring (bicyclic) bond motifs is 7. The highest BCUT2D eigenvalue weighted by molar-refractivity contribution is 6.06. The van der Waals surface area contributed by atoms with E-state index in [0.29, 0.717) is 0 Å². The smallest absolute Gasteiger partial charge is 0.137 e. The molecule has 1 heterocycles. The first-order valence-electron chi connectivity index (χ1n) is 18.1. The van der Waals surface area contributed by atoms with Crippen LogP contribution in [-0.2, 0) is 5.41 Å². The number of rotatable bonds is 5. The standard InChI is InChI=1S/C50H37NO/c1-32-27-37(36-22-21-33-13-7-8-16-35(33)28-36)29-44(34-14-5-4-6-15-34)49(32)51(39-24-26-43-42-18-10-12-20-47(42)52-48(43)31-39)38-23-25-41-40-17-9-11-19-45(40)50(2,3)46(41)30-38/h4-31H,1-3H3. The van der Waals surface area contributed by atoms with E-state index in [1.54, 1.807) is 0 Å². The summed E-state index contributed by atoms with van der Waals surface area (Å²) in [5, 5.41) is 4.74. The molecule has 10 rings (SSSR count). The van der Waals surface area contributed by atoms with Gasteiger partial charge in [0.1, 0.15) is 11.2 Å². The molecular weight excluding hydrogens is 631 g/mol. The summed E-state index contributed by atoms with van der Waals surface area (Å²) in [5.41, 5.74) is 16.3. The Kier molecular flexibility index (Phi) is 6.78. The van der Waals surface area contributed by atoms with Crippen LogP contribution in [0.25, 0.3) is 66.1 Å². The molecule has 0 radical (unpaired) electrons. The molecule has 0 bridgehead atoms. The highest BCUT2D eigenvalue weighted by Gasteiger charge is 2.36. The lowest BCUT2D eigenvalue weighted by atomic mass is 9.82. The molecule has 0 saturated carbocycles. The lowest BCUT2D eigenvalue weighted by molar-refractivity contribution is 0.660. The summed E-state index contributed by atoms with van der Waals surface area (Å²) in [5.74, 6) is 0. The van der Waals surface area contributed by atoms with Gasteiger partial charge in [0.25, 0.3) is 0 Å². The zero-order valence-electron chi connectivity index (χ0n) is 29.5. The third kappa shape index (κ3) is 4.72. The molecule has 0 saturated heterocycles. The number of anilines is 3. The summed E-state index contributed by atoms with van der Waals surface area (Å²) < 4.78 is 6.49. The number of hydrogen-bond acceptors (Lipinski definition) is 2. The number of furan rings is 1. The van der Waals surface area contributed by atoms with Gasteiger partial charge in [-0.05, 0) is 111 Å². The molecule has 1 aliphatic rings. The number of nitrogens with zero attached hydrogens (tertiary/aromatic N) is 1. The van der Waals surface area contributed by atoms with Crippen molar-refractivity contribution in [1.29, 1.82) is 0 Å². The van der Waals surface area contributed by atoms with Crippen LogP contribution in [0, 0.1) is 6.92 Å². The predicted molar refractivity (Wildman–Crippen MR) is 219 cm³/mol. The number of benzene rings is 8. The van der Waals surface area contributed by atoms with Crippen molar-refractivity contribution in [1.82, 2.24) is 0 Å². The molecule has 1 aromatic heterocycles. The van der Waals surface area contributed by atoms with Gasteiger partial charge < -0.3 is 9.32 Å². The van der Waals surface area contributed by atoms with Crippen LogP contribution in [0.2, 0.25) is 0 Å². The molecule has 0 atom stereocenters. The van der Waals surface area contributed by atoms with Gasteiger partial charge in [0, 0.05) is 39.2 Å². The minimum Gasteiger partial charge on any atom is -0.456 e. The van der Waals surface area contributed by atoms with Crippen LogP contribution in [0.3, 0.4) is 0 Å². The Hall–Kier alpha value is -6.38. The van der Waals surface area contributed by atoms with Crippen molar-refractivity contribution in [2.75, 3.05) is 4.90 Å². The fraction of sp³-hybridized carbons (Fsp3) is 0.0800. The Balaban J connectivity index is 1.24. The largest absolute Gasteiger partial charge is 0.456 e. The van der Waals surface area contributed by atoms with Crippen LogP contribution in [0.5, 0.6) is 0 Å². The Morgan fingerprint density at radius 2 is 1.13 bits per heavy atom. The Labute approximate surface area is 304 Å². The summed E-state index contributed by atoms with van der Waals surface area (Å²) in [6.45, 7) is 6.96. The van der Waals surface area contributed by atoms with E-state index < -0.39 is 0 Å². The fourth-order valence-electron chi connectivity index (χ4n) is 8.54. The topological polar surface area (TPSA) is 16.4 Å². The maximum Gasteiger partial charge on any atom is 0.137 e. The van der Waals surface area contributed by atoms with E-state index in [2.05, 4.69) is 189 Å². The molecule has 52 heavy (non-hydrogen) atoms. The third-order valence-electron chi connectivity index (χ3n) is 11.1. The van der Waals surface area contributed by atoms with Crippen molar-refractivity contribution < 1.29 is 4.42 Å². The molecule has 0 aliphatic heterocycles. The van der Waals surface area contributed by atoms with Crippen LogP contribution >= 0.6 is 0 Å². The van der Waals surface area contributed by atoms with Gasteiger partial charge >= 0.3 is 0 Å². The second kappa shape index (κ2) is 11.6. The van der Waals surface area contributed by atoms with E-state index in [4.69, 9.17) is 4.42 Å². The van der Waals surface area contributed by atoms with Gasteiger partial charge in [-0.1, -0.05) is 129 Å². The zero-order valence-corrected chi connectivity index (χ0v) is 29.5. The highest BCUT2D eigenvalue weighted by Crippen LogP contribution is 2.52. The van der Waals surface area contributed by atoms with Crippen molar-refractivity contribution in [3.63, 3.8) is 0 Å². The molecule has 248 valence electrons. The summed E-state index contributed by atoms with van der Waals surface area (Å²) in [6.07, 6.45) is 0. The summed E-state index contributed by atoms with van der Waals surface area (Å²) in [4.78, 5) is 2.45. The van der Waals surface area contributed by atoms with Crippen molar-refractivity contribution in [3.05, 3.63) is 187 Å². The first-order chi connectivity index (χ1) is 25.4. The molecule has 2 heteroatoms. The van der Waals surface area contributed by atoms with Gasteiger partial charge in [-0.25, -0.2) is 0 Å². The SMILES string of the molecule is Cc1cc(-c2ccc3ccccc3c2)cc(-c2ccccc2)c1N(c1ccc2c(c1)C(C)(C)c1ccccc1-2)c1ccc2c(c1)oc1ccccc12. The molecule has 0 amide bonds.